The zero-order chi connectivity index (χ0) is 48.4. The Bertz CT molecular complexity index is 3130. The Morgan fingerprint density at radius 3 is 2.24 bits per heavy atom. The third kappa shape index (κ3) is 11.8. The second kappa shape index (κ2) is 22.0. The van der Waals surface area contributed by atoms with Crippen LogP contribution in [0.2, 0.25) is 5.02 Å². The van der Waals surface area contributed by atoms with E-state index >= 15 is 0 Å². The average molecular weight is 969 g/mol. The highest BCUT2D eigenvalue weighted by Crippen LogP contribution is 2.37. The Hall–Kier alpha value is -7.32. The van der Waals surface area contributed by atoms with Gasteiger partial charge in [0.05, 0.1) is 65.2 Å². The number of fused-ring (bicyclic) bond motifs is 2. The molecular weight excluding hydrogens is 920 g/mol. The largest absolute Gasteiger partial charge is 0.493 e. The van der Waals surface area contributed by atoms with Crippen LogP contribution in [0.1, 0.15) is 34.1 Å². The molecule has 5 aromatic carbocycles. The Morgan fingerprint density at radius 2 is 1.47 bits per heavy atom. The van der Waals surface area contributed by atoms with Crippen LogP contribution in [-0.4, -0.2) is 98.2 Å². The van der Waals surface area contributed by atoms with Crippen LogP contribution in [0, 0.1) is 0 Å². The molecule has 2 aromatic heterocycles. The third-order valence-electron chi connectivity index (χ3n) is 10.5. The van der Waals surface area contributed by atoms with Gasteiger partial charge < -0.3 is 44.4 Å². The fraction of sp³-hybridized carbons (Fsp3) is 0.250. The molecule has 0 radical (unpaired) electrons. The number of amides is 2. The van der Waals surface area contributed by atoms with Crippen LogP contribution in [0.4, 0.5) is 5.69 Å². The van der Waals surface area contributed by atoms with E-state index in [-0.39, 0.29) is 85.2 Å². The fourth-order valence-corrected chi connectivity index (χ4v) is 8.46. The van der Waals surface area contributed by atoms with Crippen LogP contribution < -0.4 is 35.3 Å². The van der Waals surface area contributed by atoms with E-state index < -0.39 is 21.9 Å². The van der Waals surface area contributed by atoms with Gasteiger partial charge in [-0.25, -0.2) is 18.0 Å². The van der Waals surface area contributed by atoms with Crippen LogP contribution in [0.3, 0.4) is 0 Å². The van der Waals surface area contributed by atoms with Crippen molar-refractivity contribution in [3.8, 4) is 34.1 Å². The lowest BCUT2D eigenvalue weighted by molar-refractivity contribution is -0.126. The Labute approximate surface area is 395 Å². The third-order valence-corrected chi connectivity index (χ3v) is 12.2. The quantitative estimate of drug-likeness (QED) is 0.0421. The monoisotopic (exact) mass is 968 g/mol. The molecule has 0 aliphatic rings. The molecule has 2 heterocycles. The van der Waals surface area contributed by atoms with Crippen LogP contribution in [0.5, 0.6) is 23.0 Å². The van der Waals surface area contributed by atoms with E-state index in [1.165, 1.54) is 45.7 Å². The Balaban J connectivity index is 0.821. The van der Waals surface area contributed by atoms with Crippen molar-refractivity contribution in [1.82, 2.24) is 24.8 Å². The van der Waals surface area contributed by atoms with E-state index in [1.807, 2.05) is 19.1 Å². The van der Waals surface area contributed by atoms with Crippen LogP contribution in [-0.2, 0) is 38.4 Å². The summed E-state index contributed by atoms with van der Waals surface area (Å²) in [5, 5.41) is 15.9. The topological polar surface area (TPSA) is 231 Å². The zero-order valence-electron chi connectivity index (χ0n) is 37.3. The number of halogens is 1. The van der Waals surface area contributed by atoms with Crippen molar-refractivity contribution in [1.29, 1.82) is 0 Å². The Morgan fingerprint density at radius 1 is 0.765 bits per heavy atom. The van der Waals surface area contributed by atoms with Gasteiger partial charge in [-0.1, -0.05) is 42.8 Å². The molecule has 0 unspecified atom stereocenters. The van der Waals surface area contributed by atoms with Crippen LogP contribution >= 0.6 is 11.6 Å². The first-order valence-electron chi connectivity index (χ1n) is 21.4. The number of ether oxygens (including phenoxy) is 5. The molecule has 18 nitrogen and oxygen atoms in total. The molecule has 0 saturated carbocycles. The number of aromatic nitrogens is 3. The minimum Gasteiger partial charge on any atom is -0.493 e. The number of hydrogen-bond acceptors (Lipinski definition) is 11. The van der Waals surface area contributed by atoms with Crippen molar-refractivity contribution in [2.24, 2.45) is 14.1 Å². The summed E-state index contributed by atoms with van der Waals surface area (Å²) in [7, 11) is -1.10. The maximum Gasteiger partial charge on any atom is 0.337 e. The second-order valence-corrected chi connectivity index (χ2v) is 17.4. The molecule has 2 amide bonds. The fourth-order valence-electron chi connectivity index (χ4n) is 7.08. The number of H-pyrrole nitrogens is 1. The number of nitrogens with one attached hydrogen (secondary N) is 4. The van der Waals surface area contributed by atoms with E-state index in [4.69, 9.17) is 35.3 Å². The standard InChI is InChI=1S/C48H49ClN6O12S/c1-4-17-65-33-8-6-9-34(23-33)67-44-27-43-42(54(2)48(60)55(43)3)26-41(44)53-68(61,62)35-10-5-7-31(22-35)46(57)51-15-18-63-20-21-64-29-45(56)50-16-19-66-32-13-11-30(12-14-32)36-24-37-38(47(58)59)28-52-40(37)25-39(36)49/h5-14,22-28,52-53H,4,15-21,29H2,1-3H3,(H,50,56)(H,51,57)(H,58,59). The van der Waals surface area contributed by atoms with Crippen molar-refractivity contribution in [3.05, 3.63) is 130 Å². The van der Waals surface area contributed by atoms with Crippen LogP contribution in [0.25, 0.3) is 33.1 Å². The number of carbonyl (C=O) groups excluding carboxylic acids is 2. The number of aromatic carboxylic acids is 1. The predicted molar refractivity (Wildman–Crippen MR) is 256 cm³/mol. The van der Waals surface area contributed by atoms with Gasteiger partial charge in [0, 0.05) is 61.0 Å². The first-order chi connectivity index (χ1) is 32.7. The van der Waals surface area contributed by atoms with E-state index in [0.29, 0.717) is 56.4 Å². The number of rotatable bonds is 23. The van der Waals surface area contributed by atoms with Crippen molar-refractivity contribution in [2.75, 3.05) is 57.5 Å². The van der Waals surface area contributed by atoms with Gasteiger partial charge in [0.2, 0.25) is 5.91 Å². The van der Waals surface area contributed by atoms with Crippen molar-refractivity contribution in [3.63, 3.8) is 0 Å². The average Bonchev–Trinajstić information content (AvgIpc) is 3.83. The summed E-state index contributed by atoms with van der Waals surface area (Å²) in [6.45, 7) is 3.24. The number of aryl methyl sites for hydroxylation is 2. The van der Waals surface area contributed by atoms with Crippen molar-refractivity contribution < 1.29 is 51.6 Å². The Kier molecular flexibility index (Phi) is 15.7. The molecular formula is C48H49ClN6O12S. The van der Waals surface area contributed by atoms with Gasteiger partial charge in [-0.05, 0) is 72.6 Å². The van der Waals surface area contributed by atoms with Crippen LogP contribution in [0.15, 0.2) is 113 Å². The first kappa shape index (κ1) is 48.6. The number of sulfonamides is 1. The highest BCUT2D eigenvalue weighted by Gasteiger charge is 2.22. The van der Waals surface area contributed by atoms with Gasteiger partial charge in [-0.15, -0.1) is 0 Å². The first-order valence-corrected chi connectivity index (χ1v) is 23.3. The molecule has 7 aromatic rings. The van der Waals surface area contributed by atoms with E-state index in [9.17, 15) is 32.7 Å². The number of aromatic amines is 1. The summed E-state index contributed by atoms with van der Waals surface area (Å²) in [5.74, 6) is -0.247. The molecule has 0 atom stereocenters. The maximum atomic E-state index is 13.8. The number of carboxylic acids is 1. The molecule has 356 valence electrons. The molecule has 0 fully saturated rings. The lowest BCUT2D eigenvalue weighted by atomic mass is 10.0. The molecule has 68 heavy (non-hydrogen) atoms. The van der Waals surface area contributed by atoms with Gasteiger partial charge in [0.25, 0.3) is 15.9 Å². The number of carbonyl (C=O) groups is 3. The number of carboxylic acid groups (broad SMARTS) is 1. The van der Waals surface area contributed by atoms with Gasteiger partial charge >= 0.3 is 11.7 Å². The maximum absolute atomic E-state index is 13.8. The number of anilines is 1. The van der Waals surface area contributed by atoms with Gasteiger partial charge in [-0.3, -0.25) is 23.4 Å². The number of benzene rings is 5. The zero-order valence-corrected chi connectivity index (χ0v) is 38.9. The minimum absolute atomic E-state index is 0.0662. The molecule has 0 aliphatic carbocycles. The molecule has 7 rings (SSSR count). The van der Waals surface area contributed by atoms with E-state index in [0.717, 1.165) is 12.0 Å². The van der Waals surface area contributed by atoms with Crippen molar-refractivity contribution >= 4 is 67.0 Å². The molecule has 0 bridgehead atoms. The summed E-state index contributed by atoms with van der Waals surface area (Å²) in [5.41, 5.74) is 3.07. The molecule has 0 spiro atoms. The minimum atomic E-state index is -4.29. The van der Waals surface area contributed by atoms with Crippen molar-refractivity contribution in [2.45, 2.75) is 18.2 Å². The molecule has 0 aliphatic heterocycles. The SMILES string of the molecule is CCCOc1cccc(Oc2cc3c(cc2NS(=O)(=O)c2cccc(C(=O)NCCOCCOCC(=O)NCCOc4ccc(-c5cc6c(C(=O)O)c[nH]c6cc5Cl)cc4)c2)n(C)c(=O)n3C)c1. The summed E-state index contributed by atoms with van der Waals surface area (Å²) in [4.78, 5) is 52.4. The van der Waals surface area contributed by atoms with E-state index in [2.05, 4.69) is 20.3 Å². The predicted octanol–water partition coefficient (Wildman–Crippen LogP) is 6.72. The van der Waals surface area contributed by atoms with E-state index in [1.54, 1.807) is 68.7 Å². The van der Waals surface area contributed by atoms with Gasteiger partial charge in [0.15, 0.2) is 5.75 Å². The number of nitrogens with zero attached hydrogens (tertiary/aromatic N) is 2. The number of imidazole rings is 1. The highest BCUT2D eigenvalue weighted by atomic mass is 35.5. The normalized spacial score (nSPS) is 11.4. The lowest BCUT2D eigenvalue weighted by Crippen LogP contribution is -2.31. The lowest BCUT2D eigenvalue weighted by Gasteiger charge is -2.15. The molecule has 20 heteroatoms. The van der Waals surface area contributed by atoms with Gasteiger partial charge in [-0.2, -0.15) is 0 Å². The summed E-state index contributed by atoms with van der Waals surface area (Å²) in [6, 6.07) is 26.1. The smallest absolute Gasteiger partial charge is 0.337 e. The summed E-state index contributed by atoms with van der Waals surface area (Å²) in [6.07, 6.45) is 2.24. The second-order valence-electron chi connectivity index (χ2n) is 15.3. The summed E-state index contributed by atoms with van der Waals surface area (Å²) >= 11 is 6.48. The highest BCUT2D eigenvalue weighted by molar-refractivity contribution is 7.92. The van der Waals surface area contributed by atoms with Gasteiger partial charge in [0.1, 0.15) is 30.5 Å². The summed E-state index contributed by atoms with van der Waals surface area (Å²) < 4.78 is 61.6. The number of hydrogen-bond donors (Lipinski definition) is 5. The molecule has 5 N–H and O–H groups in total. The molecule has 0 saturated heterocycles.